The van der Waals surface area contributed by atoms with Crippen LogP contribution in [0.3, 0.4) is 0 Å². The van der Waals surface area contributed by atoms with E-state index in [1.165, 1.54) is 25.7 Å². The highest BCUT2D eigenvalue weighted by Crippen LogP contribution is 2.17. The highest BCUT2D eigenvalue weighted by molar-refractivity contribution is 5.79. The van der Waals surface area contributed by atoms with Crippen molar-refractivity contribution in [1.29, 1.82) is 0 Å². The molecule has 0 saturated carbocycles. The first kappa shape index (κ1) is 18.5. The van der Waals surface area contributed by atoms with Gasteiger partial charge in [-0.2, -0.15) is 0 Å². The summed E-state index contributed by atoms with van der Waals surface area (Å²) in [6, 6.07) is 4.49. The van der Waals surface area contributed by atoms with Gasteiger partial charge in [0.1, 0.15) is 5.82 Å². The lowest BCUT2D eigenvalue weighted by molar-refractivity contribution is 0.179. The first-order valence-electron chi connectivity index (χ1n) is 8.89. The fourth-order valence-electron chi connectivity index (χ4n) is 2.91. The molecule has 1 aliphatic heterocycles. The Morgan fingerprint density at radius 3 is 2.62 bits per heavy atom. The molecule has 24 heavy (non-hydrogen) atoms. The smallest absolute Gasteiger partial charge is 0.191 e. The summed E-state index contributed by atoms with van der Waals surface area (Å²) in [5.74, 6) is 1.87. The van der Waals surface area contributed by atoms with Gasteiger partial charge in [-0.3, -0.25) is 4.99 Å². The second kappa shape index (κ2) is 10.1. The molecule has 2 rings (SSSR count). The van der Waals surface area contributed by atoms with Gasteiger partial charge in [-0.15, -0.1) is 0 Å². The van der Waals surface area contributed by atoms with Gasteiger partial charge in [-0.25, -0.2) is 4.98 Å². The number of aromatic nitrogens is 1. The zero-order chi connectivity index (χ0) is 17.2. The molecular formula is C18H31N5O. The summed E-state index contributed by atoms with van der Waals surface area (Å²) in [6.07, 6.45) is 7.18. The van der Waals surface area contributed by atoms with Gasteiger partial charge in [-0.05, 0) is 31.4 Å². The molecule has 1 aromatic rings. The van der Waals surface area contributed by atoms with Crippen LogP contribution in [0.2, 0.25) is 0 Å². The number of anilines is 1. The van der Waals surface area contributed by atoms with Gasteiger partial charge in [-0.1, -0.05) is 18.9 Å². The Hall–Kier alpha value is -1.82. The Morgan fingerprint density at radius 1 is 1.29 bits per heavy atom. The van der Waals surface area contributed by atoms with E-state index in [9.17, 15) is 0 Å². The molecule has 1 aliphatic rings. The van der Waals surface area contributed by atoms with Crippen molar-refractivity contribution in [3.63, 3.8) is 0 Å². The molecule has 1 saturated heterocycles. The highest BCUT2D eigenvalue weighted by Gasteiger charge is 2.11. The Kier molecular flexibility index (Phi) is 7.82. The summed E-state index contributed by atoms with van der Waals surface area (Å²) in [5, 5.41) is 6.61. The van der Waals surface area contributed by atoms with Crippen LogP contribution >= 0.6 is 0 Å². The third kappa shape index (κ3) is 6.00. The third-order valence-electron chi connectivity index (χ3n) is 4.22. The predicted octanol–water partition coefficient (Wildman–Crippen LogP) is 2.16. The summed E-state index contributed by atoms with van der Waals surface area (Å²) in [4.78, 5) is 11.3. The van der Waals surface area contributed by atoms with Crippen molar-refractivity contribution >= 4 is 11.8 Å². The third-order valence-corrected chi connectivity index (χ3v) is 4.22. The molecule has 1 unspecified atom stereocenters. The van der Waals surface area contributed by atoms with E-state index >= 15 is 0 Å². The van der Waals surface area contributed by atoms with Gasteiger partial charge in [0.15, 0.2) is 5.96 Å². The summed E-state index contributed by atoms with van der Waals surface area (Å²) in [6.45, 7) is 5.66. The molecule has 2 heterocycles. The number of ether oxygens (including phenoxy) is 1. The summed E-state index contributed by atoms with van der Waals surface area (Å²) in [7, 11) is 3.47. The zero-order valence-electron chi connectivity index (χ0n) is 15.2. The number of guanidine groups is 1. The van der Waals surface area contributed by atoms with Crippen molar-refractivity contribution in [3.8, 4) is 0 Å². The van der Waals surface area contributed by atoms with Crippen LogP contribution in [-0.2, 0) is 11.3 Å². The molecule has 0 amide bonds. The van der Waals surface area contributed by atoms with E-state index in [2.05, 4.69) is 44.6 Å². The number of rotatable bonds is 6. The van der Waals surface area contributed by atoms with Crippen LogP contribution in [0.15, 0.2) is 23.3 Å². The van der Waals surface area contributed by atoms with E-state index in [-0.39, 0.29) is 6.04 Å². The van der Waals surface area contributed by atoms with E-state index < -0.39 is 0 Å². The van der Waals surface area contributed by atoms with E-state index in [4.69, 9.17) is 4.74 Å². The number of hydrogen-bond donors (Lipinski definition) is 2. The van der Waals surface area contributed by atoms with Gasteiger partial charge in [0, 0.05) is 46.0 Å². The fraction of sp³-hybridized carbons (Fsp3) is 0.667. The Bertz CT molecular complexity index is 495. The fourth-order valence-corrected chi connectivity index (χ4v) is 2.91. The number of pyridine rings is 1. The first-order chi connectivity index (χ1) is 11.7. The van der Waals surface area contributed by atoms with Gasteiger partial charge < -0.3 is 20.3 Å². The van der Waals surface area contributed by atoms with Gasteiger partial charge >= 0.3 is 0 Å². The monoisotopic (exact) mass is 333 g/mol. The first-order valence-corrected chi connectivity index (χ1v) is 8.89. The van der Waals surface area contributed by atoms with Crippen molar-refractivity contribution < 1.29 is 4.74 Å². The Morgan fingerprint density at radius 2 is 2.04 bits per heavy atom. The minimum absolute atomic E-state index is 0.213. The van der Waals surface area contributed by atoms with Crippen LogP contribution in [0.25, 0.3) is 0 Å². The average Bonchev–Trinajstić information content (AvgIpc) is 2.88. The molecular weight excluding hydrogens is 302 g/mol. The minimum Gasteiger partial charge on any atom is -0.383 e. The molecule has 0 radical (unpaired) electrons. The van der Waals surface area contributed by atoms with Crippen molar-refractivity contribution in [1.82, 2.24) is 15.6 Å². The summed E-state index contributed by atoms with van der Waals surface area (Å²) in [5.41, 5.74) is 1.15. The van der Waals surface area contributed by atoms with Crippen molar-refractivity contribution in [2.24, 2.45) is 4.99 Å². The molecule has 0 aliphatic carbocycles. The van der Waals surface area contributed by atoms with Crippen LogP contribution in [0, 0.1) is 0 Å². The second-order valence-corrected chi connectivity index (χ2v) is 6.35. The molecule has 1 aromatic heterocycles. The number of aliphatic imine (C=N–C) groups is 1. The molecule has 134 valence electrons. The normalized spacial score (nSPS) is 17.3. The van der Waals surface area contributed by atoms with Crippen molar-refractivity contribution in [3.05, 3.63) is 23.9 Å². The largest absolute Gasteiger partial charge is 0.383 e. The molecule has 0 bridgehead atoms. The lowest BCUT2D eigenvalue weighted by Crippen LogP contribution is -2.43. The number of nitrogens with zero attached hydrogens (tertiary/aromatic N) is 3. The molecule has 0 aromatic carbocycles. The standard InChI is InChI=1S/C18H31N5O/c1-15(14-24-3)22-18(19-2)21-13-16-8-9-17(20-12-16)23-10-6-4-5-7-11-23/h8-9,12,15H,4-7,10-11,13-14H2,1-3H3,(H2,19,21,22). The van der Waals surface area contributed by atoms with Gasteiger partial charge in [0.2, 0.25) is 0 Å². The number of hydrogen-bond acceptors (Lipinski definition) is 4. The second-order valence-electron chi connectivity index (χ2n) is 6.35. The number of methoxy groups -OCH3 is 1. The summed E-state index contributed by atoms with van der Waals surface area (Å²) < 4.78 is 5.13. The van der Waals surface area contributed by atoms with E-state index in [1.54, 1.807) is 14.2 Å². The predicted molar refractivity (Wildman–Crippen MR) is 99.6 cm³/mol. The molecule has 6 nitrogen and oxygen atoms in total. The van der Waals surface area contributed by atoms with E-state index in [0.717, 1.165) is 30.4 Å². The Labute approximate surface area is 145 Å². The zero-order valence-corrected chi connectivity index (χ0v) is 15.2. The lowest BCUT2D eigenvalue weighted by Gasteiger charge is -2.21. The van der Waals surface area contributed by atoms with Crippen molar-refractivity contribution in [2.45, 2.75) is 45.2 Å². The highest BCUT2D eigenvalue weighted by atomic mass is 16.5. The van der Waals surface area contributed by atoms with Gasteiger partial charge in [0.25, 0.3) is 0 Å². The molecule has 2 N–H and O–H groups in total. The molecule has 0 spiro atoms. The van der Waals surface area contributed by atoms with E-state index in [0.29, 0.717) is 13.2 Å². The number of nitrogens with one attached hydrogen (secondary N) is 2. The van der Waals surface area contributed by atoms with E-state index in [1.807, 2.05) is 6.20 Å². The van der Waals surface area contributed by atoms with Crippen LogP contribution in [0.5, 0.6) is 0 Å². The summed E-state index contributed by atoms with van der Waals surface area (Å²) >= 11 is 0. The van der Waals surface area contributed by atoms with Crippen LogP contribution < -0.4 is 15.5 Å². The maximum atomic E-state index is 5.13. The molecule has 1 fully saturated rings. The maximum Gasteiger partial charge on any atom is 0.191 e. The van der Waals surface area contributed by atoms with Crippen LogP contribution in [-0.4, -0.2) is 50.8 Å². The SMILES string of the molecule is CN=C(NCc1ccc(N2CCCCCC2)nc1)NC(C)COC. The average molecular weight is 333 g/mol. The Balaban J connectivity index is 1.84. The van der Waals surface area contributed by atoms with Crippen molar-refractivity contribution in [2.75, 3.05) is 38.8 Å². The topological polar surface area (TPSA) is 61.8 Å². The molecule has 1 atom stereocenters. The van der Waals surface area contributed by atoms with Gasteiger partial charge in [0.05, 0.1) is 6.61 Å². The minimum atomic E-state index is 0.213. The maximum absolute atomic E-state index is 5.13. The quantitative estimate of drug-likeness (QED) is 0.617. The van der Waals surface area contributed by atoms with Crippen LogP contribution in [0.4, 0.5) is 5.82 Å². The lowest BCUT2D eigenvalue weighted by atomic mass is 10.2. The molecule has 6 heteroatoms. The van der Waals surface area contributed by atoms with Crippen LogP contribution in [0.1, 0.15) is 38.2 Å².